The SMILES string of the molecule is CC(NC(=O)c1c(NS(C)(=O)=O)nn2c(-c3ccc(Cl)cc3)c(-c3ccccc3Cl)cnc12)c1ccccn1. The number of halogens is 2. The molecule has 3 aromatic heterocycles. The first-order valence-electron chi connectivity index (χ1n) is 11.7. The van der Waals surface area contributed by atoms with Crippen molar-refractivity contribution in [2.75, 3.05) is 11.0 Å². The molecule has 5 rings (SSSR count). The van der Waals surface area contributed by atoms with Gasteiger partial charge >= 0.3 is 0 Å². The second-order valence-corrected chi connectivity index (χ2v) is 11.4. The molecule has 198 valence electrons. The quantitative estimate of drug-likeness (QED) is 0.257. The molecule has 3 heterocycles. The average molecular weight is 581 g/mol. The van der Waals surface area contributed by atoms with Gasteiger partial charge in [-0.05, 0) is 37.3 Å². The predicted molar refractivity (Wildman–Crippen MR) is 152 cm³/mol. The van der Waals surface area contributed by atoms with Crippen LogP contribution in [0.15, 0.2) is 79.1 Å². The third-order valence-corrected chi connectivity index (χ3v) is 7.06. The molecule has 1 amide bonds. The van der Waals surface area contributed by atoms with Crippen molar-refractivity contribution < 1.29 is 13.2 Å². The van der Waals surface area contributed by atoms with Crippen LogP contribution in [-0.2, 0) is 10.0 Å². The zero-order valence-electron chi connectivity index (χ0n) is 20.8. The van der Waals surface area contributed by atoms with E-state index in [2.05, 4.69) is 25.1 Å². The van der Waals surface area contributed by atoms with Crippen molar-refractivity contribution in [2.24, 2.45) is 0 Å². The monoisotopic (exact) mass is 580 g/mol. The molecule has 12 heteroatoms. The number of rotatable bonds is 7. The van der Waals surface area contributed by atoms with Crippen LogP contribution in [0, 0.1) is 0 Å². The highest BCUT2D eigenvalue weighted by Gasteiger charge is 2.27. The number of anilines is 1. The molecule has 0 fully saturated rings. The van der Waals surface area contributed by atoms with Crippen molar-refractivity contribution in [1.29, 1.82) is 0 Å². The molecule has 5 aromatic rings. The molecule has 0 aliphatic rings. The van der Waals surface area contributed by atoms with Crippen LogP contribution in [0.25, 0.3) is 28.0 Å². The van der Waals surface area contributed by atoms with Crippen LogP contribution in [0.2, 0.25) is 10.0 Å². The Hall–Kier alpha value is -3.99. The van der Waals surface area contributed by atoms with E-state index in [1.54, 1.807) is 61.8 Å². The highest BCUT2D eigenvalue weighted by atomic mass is 35.5. The van der Waals surface area contributed by atoms with Crippen LogP contribution >= 0.6 is 23.2 Å². The standard InChI is InChI=1S/C27H22Cl2N6O3S/c1-16(22-9-5-6-14-30-22)32-27(36)23-25(34-39(2,37)38)33-35-24(17-10-12-18(28)13-11-17)20(15-31-26(23)35)19-7-3-4-8-21(19)29/h3-16H,1-2H3,(H,32,36)(H,33,34). The average Bonchev–Trinajstić information content (AvgIpc) is 3.26. The smallest absolute Gasteiger partial charge is 0.259 e. The van der Waals surface area contributed by atoms with E-state index >= 15 is 0 Å². The molecule has 0 radical (unpaired) electrons. The molecule has 0 spiro atoms. The number of carbonyl (C=O) groups excluding carboxylic acids is 1. The van der Waals surface area contributed by atoms with E-state index in [-0.39, 0.29) is 17.0 Å². The Balaban J connectivity index is 1.75. The summed E-state index contributed by atoms with van der Waals surface area (Å²) in [6.07, 6.45) is 4.20. The minimum atomic E-state index is -3.80. The summed E-state index contributed by atoms with van der Waals surface area (Å²) >= 11 is 12.7. The van der Waals surface area contributed by atoms with Gasteiger partial charge in [0.2, 0.25) is 10.0 Å². The van der Waals surface area contributed by atoms with Gasteiger partial charge in [-0.3, -0.25) is 14.5 Å². The molecular weight excluding hydrogens is 559 g/mol. The van der Waals surface area contributed by atoms with E-state index in [4.69, 9.17) is 23.2 Å². The summed E-state index contributed by atoms with van der Waals surface area (Å²) in [5.74, 6) is -0.739. The topological polar surface area (TPSA) is 118 Å². The van der Waals surface area contributed by atoms with Gasteiger partial charge in [-0.15, -0.1) is 5.10 Å². The molecule has 0 aliphatic heterocycles. The molecule has 9 nitrogen and oxygen atoms in total. The Kier molecular flexibility index (Phi) is 7.26. The van der Waals surface area contributed by atoms with Crippen molar-refractivity contribution in [2.45, 2.75) is 13.0 Å². The number of aromatic nitrogens is 4. The molecule has 2 aromatic carbocycles. The molecular formula is C27H22Cl2N6O3S. The van der Waals surface area contributed by atoms with E-state index in [1.165, 1.54) is 4.52 Å². The summed E-state index contributed by atoms with van der Waals surface area (Å²) in [7, 11) is -3.80. The lowest BCUT2D eigenvalue weighted by atomic mass is 10.0. The number of nitrogens with zero attached hydrogens (tertiary/aromatic N) is 4. The van der Waals surface area contributed by atoms with Gasteiger partial charge in [0.1, 0.15) is 5.56 Å². The second kappa shape index (κ2) is 10.6. The van der Waals surface area contributed by atoms with E-state index in [1.807, 2.05) is 24.3 Å². The van der Waals surface area contributed by atoms with E-state index < -0.39 is 22.0 Å². The van der Waals surface area contributed by atoms with E-state index in [0.29, 0.717) is 38.1 Å². The minimum absolute atomic E-state index is 0.0378. The van der Waals surface area contributed by atoms with Gasteiger partial charge in [0.15, 0.2) is 11.5 Å². The van der Waals surface area contributed by atoms with Gasteiger partial charge in [0, 0.05) is 39.1 Å². The van der Waals surface area contributed by atoms with E-state index in [9.17, 15) is 13.2 Å². The van der Waals surface area contributed by atoms with Gasteiger partial charge < -0.3 is 5.32 Å². The molecule has 1 unspecified atom stereocenters. The third-order valence-electron chi connectivity index (χ3n) is 5.91. The van der Waals surface area contributed by atoms with Gasteiger partial charge in [-0.2, -0.15) is 0 Å². The zero-order chi connectivity index (χ0) is 27.7. The maximum absolute atomic E-state index is 13.6. The van der Waals surface area contributed by atoms with Crippen LogP contribution in [0.1, 0.15) is 29.0 Å². The molecule has 0 aliphatic carbocycles. The first-order valence-corrected chi connectivity index (χ1v) is 14.4. The van der Waals surface area contributed by atoms with Crippen molar-refractivity contribution in [3.05, 3.63) is 100 Å². The Bertz CT molecular complexity index is 1790. The summed E-state index contributed by atoms with van der Waals surface area (Å²) in [6.45, 7) is 1.78. The summed E-state index contributed by atoms with van der Waals surface area (Å²) < 4.78 is 28.3. The van der Waals surface area contributed by atoms with E-state index in [0.717, 1.165) is 6.26 Å². The van der Waals surface area contributed by atoms with Crippen LogP contribution < -0.4 is 10.0 Å². The largest absolute Gasteiger partial charge is 0.344 e. The summed E-state index contributed by atoms with van der Waals surface area (Å²) in [5.41, 5.74) is 3.29. The number of sulfonamides is 1. The Morgan fingerprint density at radius 2 is 1.67 bits per heavy atom. The maximum atomic E-state index is 13.6. The number of hydrogen-bond acceptors (Lipinski definition) is 6. The molecule has 2 N–H and O–H groups in total. The van der Waals surface area contributed by atoms with Gasteiger partial charge in [-0.25, -0.2) is 17.9 Å². The van der Waals surface area contributed by atoms with Crippen molar-refractivity contribution in [3.8, 4) is 22.4 Å². The Labute approximate surface area is 234 Å². The van der Waals surface area contributed by atoms with Crippen LogP contribution in [-0.4, -0.2) is 40.2 Å². The van der Waals surface area contributed by atoms with Crippen molar-refractivity contribution in [1.82, 2.24) is 24.9 Å². The van der Waals surface area contributed by atoms with Crippen LogP contribution in [0.4, 0.5) is 5.82 Å². The molecule has 39 heavy (non-hydrogen) atoms. The van der Waals surface area contributed by atoms with Crippen LogP contribution in [0.5, 0.6) is 0 Å². The highest BCUT2D eigenvalue weighted by Crippen LogP contribution is 2.37. The minimum Gasteiger partial charge on any atom is -0.344 e. The number of nitrogens with one attached hydrogen (secondary N) is 2. The number of benzene rings is 2. The van der Waals surface area contributed by atoms with Crippen molar-refractivity contribution >= 4 is 50.6 Å². The lowest BCUT2D eigenvalue weighted by Crippen LogP contribution is -2.28. The number of fused-ring (bicyclic) bond motifs is 1. The number of carbonyl (C=O) groups is 1. The fraction of sp³-hybridized carbons (Fsp3) is 0.111. The number of amides is 1. The lowest BCUT2D eigenvalue weighted by molar-refractivity contribution is 0.0941. The molecule has 0 saturated heterocycles. The van der Waals surface area contributed by atoms with Gasteiger partial charge in [-0.1, -0.05) is 59.6 Å². The summed E-state index contributed by atoms with van der Waals surface area (Å²) in [4.78, 5) is 22.5. The molecule has 0 bridgehead atoms. The molecule has 1 atom stereocenters. The van der Waals surface area contributed by atoms with Crippen LogP contribution in [0.3, 0.4) is 0 Å². The highest BCUT2D eigenvalue weighted by molar-refractivity contribution is 7.92. The Morgan fingerprint density at radius 3 is 2.33 bits per heavy atom. The van der Waals surface area contributed by atoms with Crippen molar-refractivity contribution in [3.63, 3.8) is 0 Å². The fourth-order valence-electron chi connectivity index (χ4n) is 4.18. The lowest BCUT2D eigenvalue weighted by Gasteiger charge is -2.14. The summed E-state index contributed by atoms with van der Waals surface area (Å²) in [6, 6.07) is 19.2. The van der Waals surface area contributed by atoms with Gasteiger partial charge in [0.05, 0.1) is 23.7 Å². The zero-order valence-corrected chi connectivity index (χ0v) is 23.1. The number of pyridine rings is 1. The predicted octanol–water partition coefficient (Wildman–Crippen LogP) is 5.63. The molecule has 0 saturated carbocycles. The second-order valence-electron chi connectivity index (χ2n) is 8.79. The first kappa shape index (κ1) is 26.6. The fourth-order valence-corrected chi connectivity index (χ4v) is 5.04. The third kappa shape index (κ3) is 5.58. The first-order chi connectivity index (χ1) is 18.6. The number of hydrogen-bond donors (Lipinski definition) is 2. The normalized spacial score (nSPS) is 12.3. The maximum Gasteiger partial charge on any atom is 0.259 e. The Morgan fingerprint density at radius 1 is 0.949 bits per heavy atom. The summed E-state index contributed by atoms with van der Waals surface area (Å²) in [5, 5.41) is 8.41. The van der Waals surface area contributed by atoms with Gasteiger partial charge in [0.25, 0.3) is 5.91 Å².